The van der Waals surface area contributed by atoms with Gasteiger partial charge in [-0.2, -0.15) is 0 Å². The third-order valence-electron chi connectivity index (χ3n) is 4.71. The summed E-state index contributed by atoms with van der Waals surface area (Å²) < 4.78 is 5.16. The molecule has 0 unspecified atom stereocenters. The van der Waals surface area contributed by atoms with Crippen LogP contribution in [0.3, 0.4) is 0 Å². The Morgan fingerprint density at radius 1 is 1.50 bits per heavy atom. The number of piperidine rings is 1. The van der Waals surface area contributed by atoms with Crippen LogP contribution >= 0.6 is 0 Å². The van der Waals surface area contributed by atoms with Crippen LogP contribution in [0.1, 0.15) is 54.8 Å². The van der Waals surface area contributed by atoms with Gasteiger partial charge >= 0.3 is 0 Å². The lowest BCUT2D eigenvalue weighted by Gasteiger charge is -2.38. The van der Waals surface area contributed by atoms with Gasteiger partial charge in [-0.3, -0.25) is 9.59 Å². The topological polar surface area (TPSA) is 122 Å². The van der Waals surface area contributed by atoms with Crippen LogP contribution in [-0.2, 0) is 4.79 Å². The predicted molar refractivity (Wildman–Crippen MR) is 85.2 cm³/mol. The number of aliphatic hydroxyl groups is 1. The van der Waals surface area contributed by atoms with Crippen LogP contribution in [0.2, 0.25) is 0 Å². The van der Waals surface area contributed by atoms with Crippen LogP contribution < -0.4 is 11.1 Å². The summed E-state index contributed by atoms with van der Waals surface area (Å²) in [6.45, 7) is 2.64. The smallest absolute Gasteiger partial charge is 0.273 e. The third-order valence-corrected chi connectivity index (χ3v) is 4.71. The summed E-state index contributed by atoms with van der Waals surface area (Å²) >= 11 is 0. The minimum Gasteiger partial charge on any atom is -0.388 e. The van der Waals surface area contributed by atoms with Crippen LogP contribution in [-0.4, -0.2) is 58.3 Å². The van der Waals surface area contributed by atoms with Crippen molar-refractivity contribution in [3.8, 4) is 0 Å². The zero-order valence-electron chi connectivity index (χ0n) is 13.8. The average molecular weight is 336 g/mol. The first-order valence-corrected chi connectivity index (χ1v) is 8.39. The number of carbonyl (C=O) groups excluding carboxylic acids is 2. The maximum absolute atomic E-state index is 12.1. The number of hydrogen-bond donors (Lipinski definition) is 3. The quantitative estimate of drug-likeness (QED) is 0.695. The number of aromatic nitrogens is 1. The van der Waals surface area contributed by atoms with Gasteiger partial charge in [0.2, 0.25) is 5.91 Å². The molecule has 1 aliphatic heterocycles. The number of carbonyl (C=O) groups is 2. The summed E-state index contributed by atoms with van der Waals surface area (Å²) in [6.07, 6.45) is 2.95. The molecule has 0 radical (unpaired) electrons. The fourth-order valence-electron chi connectivity index (χ4n) is 2.90. The zero-order valence-corrected chi connectivity index (χ0v) is 13.8. The second-order valence-electron chi connectivity index (χ2n) is 6.91. The molecule has 1 aromatic heterocycles. The van der Waals surface area contributed by atoms with Gasteiger partial charge < -0.3 is 25.6 Å². The fraction of sp³-hybridized carbons (Fsp3) is 0.688. The molecule has 2 amide bonds. The molecular weight excluding hydrogens is 312 g/mol. The molecule has 1 saturated carbocycles. The van der Waals surface area contributed by atoms with E-state index in [0.717, 1.165) is 18.6 Å². The first-order chi connectivity index (χ1) is 11.4. The van der Waals surface area contributed by atoms with Crippen molar-refractivity contribution in [2.45, 2.75) is 50.2 Å². The van der Waals surface area contributed by atoms with E-state index in [1.54, 1.807) is 17.9 Å². The molecule has 8 heteroatoms. The second-order valence-corrected chi connectivity index (χ2v) is 6.91. The van der Waals surface area contributed by atoms with Gasteiger partial charge in [-0.25, -0.2) is 0 Å². The number of amides is 2. The molecule has 4 N–H and O–H groups in total. The molecule has 1 aliphatic carbocycles. The molecular formula is C16H24N4O4. The monoisotopic (exact) mass is 336 g/mol. The van der Waals surface area contributed by atoms with Crippen LogP contribution in [0, 0.1) is 0 Å². The molecule has 0 bridgehead atoms. The van der Waals surface area contributed by atoms with E-state index in [4.69, 9.17) is 10.3 Å². The number of nitrogens with zero attached hydrogens (tertiary/aromatic N) is 2. The maximum Gasteiger partial charge on any atom is 0.273 e. The average Bonchev–Trinajstić information content (AvgIpc) is 3.30. The highest BCUT2D eigenvalue weighted by Crippen LogP contribution is 2.40. The van der Waals surface area contributed by atoms with Crippen LogP contribution in [0.4, 0.5) is 0 Å². The van der Waals surface area contributed by atoms with Gasteiger partial charge in [-0.1, -0.05) is 5.16 Å². The highest BCUT2D eigenvalue weighted by atomic mass is 16.5. The van der Waals surface area contributed by atoms with Gasteiger partial charge in [-0.05, 0) is 32.6 Å². The van der Waals surface area contributed by atoms with Crippen LogP contribution in [0.25, 0.3) is 0 Å². The predicted octanol–water partition coefficient (Wildman–Crippen LogP) is -0.0175. The van der Waals surface area contributed by atoms with Gasteiger partial charge in [0.1, 0.15) is 5.76 Å². The second kappa shape index (κ2) is 6.52. The van der Waals surface area contributed by atoms with Gasteiger partial charge in [0.05, 0.1) is 11.6 Å². The summed E-state index contributed by atoms with van der Waals surface area (Å²) in [6, 6.07) is 1.13. The highest BCUT2D eigenvalue weighted by molar-refractivity contribution is 5.92. The Morgan fingerprint density at radius 2 is 2.17 bits per heavy atom. The van der Waals surface area contributed by atoms with E-state index in [9.17, 15) is 14.7 Å². The van der Waals surface area contributed by atoms with E-state index in [2.05, 4.69) is 10.5 Å². The number of nitrogens with two attached hydrogens (primary N) is 1. The van der Waals surface area contributed by atoms with E-state index < -0.39 is 11.6 Å². The summed E-state index contributed by atoms with van der Waals surface area (Å²) in [5.41, 5.74) is 4.82. The summed E-state index contributed by atoms with van der Waals surface area (Å²) in [5.74, 6) is 0.682. The van der Waals surface area contributed by atoms with Crippen LogP contribution in [0.15, 0.2) is 10.6 Å². The van der Waals surface area contributed by atoms with Crippen molar-refractivity contribution in [3.63, 3.8) is 0 Å². The van der Waals surface area contributed by atoms with E-state index >= 15 is 0 Å². The lowest BCUT2D eigenvalue weighted by atomic mass is 9.91. The number of hydrogen-bond acceptors (Lipinski definition) is 6. The molecule has 8 nitrogen and oxygen atoms in total. The maximum atomic E-state index is 12.1. The Balaban J connectivity index is 1.48. The molecule has 0 spiro atoms. The number of likely N-dealkylation sites (tertiary alicyclic amines) is 1. The van der Waals surface area contributed by atoms with Gasteiger partial charge in [0, 0.05) is 31.6 Å². The minimum atomic E-state index is -1.02. The first-order valence-electron chi connectivity index (χ1n) is 8.39. The fourth-order valence-corrected chi connectivity index (χ4v) is 2.90. The normalized spacial score (nSPS) is 21.4. The van der Waals surface area contributed by atoms with Crippen molar-refractivity contribution in [3.05, 3.63) is 17.5 Å². The van der Waals surface area contributed by atoms with E-state index in [-0.39, 0.29) is 24.1 Å². The molecule has 132 valence electrons. The first kappa shape index (κ1) is 16.9. The summed E-state index contributed by atoms with van der Waals surface area (Å²) in [7, 11) is 0. The molecule has 2 fully saturated rings. The molecule has 3 rings (SSSR count). The van der Waals surface area contributed by atoms with Gasteiger partial charge in [-0.15, -0.1) is 0 Å². The lowest BCUT2D eigenvalue weighted by molar-refractivity contribution is -0.136. The zero-order chi connectivity index (χ0) is 17.3. The molecule has 1 aromatic rings. The van der Waals surface area contributed by atoms with Crippen molar-refractivity contribution >= 4 is 11.8 Å². The summed E-state index contributed by atoms with van der Waals surface area (Å²) in [4.78, 5) is 25.6. The largest absolute Gasteiger partial charge is 0.388 e. The standard InChI is InChI=1S/C16H24N4O4/c1-10(17)15(22)20-6-4-16(23,5-7-20)9-18-14(21)12-8-13(24-19-12)11-2-3-11/h8,10-11,23H,2-7,9,17H2,1H3,(H,18,21)/t10-/m0/s1. The Hall–Kier alpha value is -1.93. The van der Waals surface area contributed by atoms with Gasteiger partial charge in [0.25, 0.3) is 5.91 Å². The van der Waals surface area contributed by atoms with Gasteiger partial charge in [0.15, 0.2) is 5.69 Å². The third kappa shape index (κ3) is 3.76. The molecule has 1 saturated heterocycles. The number of rotatable bonds is 5. The van der Waals surface area contributed by atoms with E-state index in [1.165, 1.54) is 0 Å². The Labute approximate surface area is 140 Å². The van der Waals surface area contributed by atoms with Crippen molar-refractivity contribution in [1.29, 1.82) is 0 Å². The molecule has 2 heterocycles. The van der Waals surface area contributed by atoms with Crippen LogP contribution in [0.5, 0.6) is 0 Å². The number of nitrogens with one attached hydrogen (secondary N) is 1. The molecule has 24 heavy (non-hydrogen) atoms. The Kier molecular flexibility index (Phi) is 4.60. The highest BCUT2D eigenvalue weighted by Gasteiger charge is 2.35. The summed E-state index contributed by atoms with van der Waals surface area (Å²) in [5, 5.41) is 17.1. The van der Waals surface area contributed by atoms with E-state index in [1.807, 2.05) is 0 Å². The molecule has 2 aliphatic rings. The van der Waals surface area contributed by atoms with E-state index in [0.29, 0.717) is 31.8 Å². The SMILES string of the molecule is C[C@H](N)C(=O)N1CCC(O)(CNC(=O)c2cc(C3CC3)on2)CC1. The molecule has 1 atom stereocenters. The van der Waals surface area contributed by atoms with Crippen molar-refractivity contribution in [1.82, 2.24) is 15.4 Å². The molecule has 0 aromatic carbocycles. The van der Waals surface area contributed by atoms with Crippen molar-refractivity contribution < 1.29 is 19.2 Å². The van der Waals surface area contributed by atoms with Crippen molar-refractivity contribution in [2.75, 3.05) is 19.6 Å². The van der Waals surface area contributed by atoms with Crippen molar-refractivity contribution in [2.24, 2.45) is 5.73 Å². The Morgan fingerprint density at radius 3 is 2.75 bits per heavy atom. The lowest BCUT2D eigenvalue weighted by Crippen LogP contribution is -2.54. The Bertz CT molecular complexity index is 615. The minimum absolute atomic E-state index is 0.115.